The van der Waals surface area contributed by atoms with Gasteiger partial charge < -0.3 is 4.74 Å². The van der Waals surface area contributed by atoms with Crippen molar-refractivity contribution < 1.29 is 13.9 Å². The second-order valence-electron chi connectivity index (χ2n) is 3.72. The first-order chi connectivity index (χ1) is 7.02. The number of carbonyl (C=O) groups is 1. The van der Waals surface area contributed by atoms with Crippen molar-refractivity contribution in [2.75, 3.05) is 6.61 Å². The van der Waals surface area contributed by atoms with Crippen LogP contribution in [0.4, 0.5) is 4.39 Å². The Balaban J connectivity index is 2.78. The average molecular weight is 210 g/mol. The smallest absolute Gasteiger partial charge is 0.191 e. The highest BCUT2D eigenvalue weighted by atomic mass is 19.1. The third-order valence-electron chi connectivity index (χ3n) is 2.04. The molecular weight excluding hydrogens is 195 g/mol. The molecule has 0 spiro atoms. The van der Waals surface area contributed by atoms with Gasteiger partial charge >= 0.3 is 0 Å². The van der Waals surface area contributed by atoms with Crippen molar-refractivity contribution in [2.24, 2.45) is 0 Å². The van der Waals surface area contributed by atoms with Crippen molar-refractivity contribution in [3.8, 4) is 0 Å². The summed E-state index contributed by atoms with van der Waals surface area (Å²) in [5.41, 5.74) is 0.584. The van der Waals surface area contributed by atoms with Crippen LogP contribution >= 0.6 is 0 Å². The van der Waals surface area contributed by atoms with Gasteiger partial charge in [0.2, 0.25) is 0 Å². The Hall–Kier alpha value is -1.22. The minimum absolute atomic E-state index is 0.0261. The highest BCUT2D eigenvalue weighted by Crippen LogP contribution is 2.12. The monoisotopic (exact) mass is 210 g/mol. The largest absolute Gasteiger partial charge is 0.371 e. The van der Waals surface area contributed by atoms with Crippen molar-refractivity contribution in [1.82, 2.24) is 0 Å². The molecule has 0 aliphatic heterocycles. The molecule has 1 aromatic carbocycles. The van der Waals surface area contributed by atoms with E-state index in [0.717, 1.165) is 0 Å². The number of aryl methyl sites for hydroxylation is 1. The van der Waals surface area contributed by atoms with E-state index >= 15 is 0 Å². The number of carbonyl (C=O) groups excluding carboxylic acids is 1. The van der Waals surface area contributed by atoms with Gasteiger partial charge in [-0.2, -0.15) is 0 Å². The van der Waals surface area contributed by atoms with E-state index in [1.54, 1.807) is 19.1 Å². The summed E-state index contributed by atoms with van der Waals surface area (Å²) in [6.07, 6.45) is -0.0261. The molecule has 0 unspecified atom stereocenters. The van der Waals surface area contributed by atoms with Crippen molar-refractivity contribution >= 4 is 5.78 Å². The molecule has 0 heterocycles. The molecule has 15 heavy (non-hydrogen) atoms. The molecule has 0 saturated carbocycles. The second-order valence-corrected chi connectivity index (χ2v) is 3.72. The number of hydrogen-bond donors (Lipinski definition) is 0. The Kier molecular flexibility index (Phi) is 3.97. The van der Waals surface area contributed by atoms with Crippen molar-refractivity contribution in [3.63, 3.8) is 0 Å². The Morgan fingerprint density at radius 1 is 1.47 bits per heavy atom. The summed E-state index contributed by atoms with van der Waals surface area (Å²) >= 11 is 0. The van der Waals surface area contributed by atoms with Crippen LogP contribution in [0.5, 0.6) is 0 Å². The summed E-state index contributed by atoms with van der Waals surface area (Å²) in [5, 5.41) is 0. The van der Waals surface area contributed by atoms with E-state index < -0.39 is 5.82 Å². The SMILES string of the molecule is Cc1cccc(C(=O)COC(C)C)c1F. The van der Waals surface area contributed by atoms with Gasteiger partial charge in [0.1, 0.15) is 12.4 Å². The highest BCUT2D eigenvalue weighted by molar-refractivity contribution is 5.97. The van der Waals surface area contributed by atoms with Crippen LogP contribution in [0.2, 0.25) is 0 Å². The van der Waals surface area contributed by atoms with E-state index in [9.17, 15) is 9.18 Å². The van der Waals surface area contributed by atoms with Gasteiger partial charge in [0, 0.05) is 0 Å². The predicted octanol–water partition coefficient (Wildman–Crippen LogP) is 2.74. The van der Waals surface area contributed by atoms with Gasteiger partial charge in [-0.3, -0.25) is 4.79 Å². The van der Waals surface area contributed by atoms with E-state index in [0.29, 0.717) is 5.56 Å². The molecule has 0 aromatic heterocycles. The van der Waals surface area contributed by atoms with Crippen LogP contribution in [-0.4, -0.2) is 18.5 Å². The molecule has 0 atom stereocenters. The molecule has 0 saturated heterocycles. The molecule has 0 bridgehead atoms. The van der Waals surface area contributed by atoms with Gasteiger partial charge in [-0.05, 0) is 32.4 Å². The summed E-state index contributed by atoms with van der Waals surface area (Å²) in [5.74, 6) is -0.764. The Morgan fingerprint density at radius 2 is 2.13 bits per heavy atom. The number of Topliss-reactive ketones (excluding diaryl/α,β-unsaturated/α-hetero) is 1. The molecule has 1 rings (SSSR count). The van der Waals surface area contributed by atoms with Gasteiger partial charge in [-0.25, -0.2) is 4.39 Å². The molecule has 3 heteroatoms. The zero-order valence-electron chi connectivity index (χ0n) is 9.21. The topological polar surface area (TPSA) is 26.3 Å². The maximum atomic E-state index is 13.5. The predicted molar refractivity (Wildman–Crippen MR) is 56.6 cm³/mol. The fourth-order valence-corrected chi connectivity index (χ4v) is 1.18. The zero-order chi connectivity index (χ0) is 11.4. The van der Waals surface area contributed by atoms with E-state index in [1.165, 1.54) is 6.07 Å². The number of halogens is 1. The zero-order valence-corrected chi connectivity index (χ0v) is 9.21. The first-order valence-corrected chi connectivity index (χ1v) is 4.92. The first kappa shape index (κ1) is 11.9. The number of hydrogen-bond acceptors (Lipinski definition) is 2. The molecule has 82 valence electrons. The summed E-state index contributed by atoms with van der Waals surface area (Å²) in [4.78, 5) is 11.6. The summed E-state index contributed by atoms with van der Waals surface area (Å²) < 4.78 is 18.6. The fraction of sp³-hybridized carbons (Fsp3) is 0.417. The van der Waals surface area contributed by atoms with E-state index in [1.807, 2.05) is 13.8 Å². The Bertz CT molecular complexity index is 359. The fourth-order valence-electron chi connectivity index (χ4n) is 1.18. The Labute approximate surface area is 89.1 Å². The number of ketones is 1. The molecule has 0 aliphatic carbocycles. The van der Waals surface area contributed by atoms with Gasteiger partial charge in [0.05, 0.1) is 11.7 Å². The van der Waals surface area contributed by atoms with Crippen LogP contribution in [0.3, 0.4) is 0 Å². The minimum atomic E-state index is -0.449. The lowest BCUT2D eigenvalue weighted by Crippen LogP contribution is -2.15. The van der Waals surface area contributed by atoms with Gasteiger partial charge in [0.25, 0.3) is 0 Å². The first-order valence-electron chi connectivity index (χ1n) is 4.92. The van der Waals surface area contributed by atoms with Crippen molar-refractivity contribution in [2.45, 2.75) is 26.9 Å². The van der Waals surface area contributed by atoms with Crippen LogP contribution in [-0.2, 0) is 4.74 Å². The van der Waals surface area contributed by atoms with Gasteiger partial charge in [-0.1, -0.05) is 12.1 Å². The average Bonchev–Trinajstić information content (AvgIpc) is 2.18. The minimum Gasteiger partial charge on any atom is -0.371 e. The maximum Gasteiger partial charge on any atom is 0.191 e. The molecule has 0 radical (unpaired) electrons. The van der Waals surface area contributed by atoms with Crippen LogP contribution < -0.4 is 0 Å². The highest BCUT2D eigenvalue weighted by Gasteiger charge is 2.13. The standard InChI is InChI=1S/C12H15FO2/c1-8(2)15-7-11(14)10-6-4-5-9(3)12(10)13/h4-6,8H,7H2,1-3H3. The molecule has 0 N–H and O–H groups in total. The van der Waals surface area contributed by atoms with Gasteiger partial charge in [0.15, 0.2) is 5.78 Å². The number of benzene rings is 1. The van der Waals surface area contributed by atoms with Crippen molar-refractivity contribution in [1.29, 1.82) is 0 Å². The lowest BCUT2D eigenvalue weighted by molar-refractivity contribution is 0.0581. The summed E-state index contributed by atoms with van der Waals surface area (Å²) in [6.45, 7) is 5.23. The van der Waals surface area contributed by atoms with Gasteiger partial charge in [-0.15, -0.1) is 0 Å². The lowest BCUT2D eigenvalue weighted by Gasteiger charge is -2.07. The quantitative estimate of drug-likeness (QED) is 0.714. The van der Waals surface area contributed by atoms with Crippen molar-refractivity contribution in [3.05, 3.63) is 35.1 Å². The van der Waals surface area contributed by atoms with Crippen LogP contribution in [0, 0.1) is 12.7 Å². The number of ether oxygens (including phenoxy) is 1. The Morgan fingerprint density at radius 3 is 2.73 bits per heavy atom. The van der Waals surface area contributed by atoms with Crippen LogP contribution in [0.1, 0.15) is 29.8 Å². The molecule has 0 aliphatic rings. The number of rotatable bonds is 4. The lowest BCUT2D eigenvalue weighted by atomic mass is 10.1. The third kappa shape index (κ3) is 3.13. The molecule has 0 fully saturated rings. The van der Waals surface area contributed by atoms with E-state index in [4.69, 9.17) is 4.74 Å². The maximum absolute atomic E-state index is 13.5. The summed E-state index contributed by atoms with van der Waals surface area (Å²) in [6, 6.07) is 4.78. The van der Waals surface area contributed by atoms with E-state index in [2.05, 4.69) is 0 Å². The summed E-state index contributed by atoms with van der Waals surface area (Å²) in [7, 11) is 0. The second kappa shape index (κ2) is 5.03. The molecular formula is C12H15FO2. The normalized spacial score (nSPS) is 10.7. The molecule has 0 amide bonds. The third-order valence-corrected chi connectivity index (χ3v) is 2.04. The van der Waals surface area contributed by atoms with E-state index in [-0.39, 0.29) is 24.1 Å². The van der Waals surface area contributed by atoms with Crippen LogP contribution in [0.25, 0.3) is 0 Å². The van der Waals surface area contributed by atoms with Crippen LogP contribution in [0.15, 0.2) is 18.2 Å². The molecule has 1 aromatic rings. The molecule has 2 nitrogen and oxygen atoms in total.